The Morgan fingerprint density at radius 2 is 2.16 bits per heavy atom. The third kappa shape index (κ3) is 5.40. The molecule has 0 unspecified atom stereocenters. The monoisotopic (exact) mass is 279 g/mol. The van der Waals surface area contributed by atoms with Crippen molar-refractivity contribution in [2.75, 3.05) is 24.6 Å². The van der Waals surface area contributed by atoms with E-state index in [2.05, 4.69) is 9.97 Å². The van der Waals surface area contributed by atoms with Crippen molar-refractivity contribution < 1.29 is 27.8 Å². The fourth-order valence-corrected chi connectivity index (χ4v) is 1.33. The molecule has 1 rings (SSSR count). The maximum absolute atomic E-state index is 12.4. The number of hydrogen-bond acceptors (Lipinski definition) is 5. The summed E-state index contributed by atoms with van der Waals surface area (Å²) < 4.78 is 42.2. The molecule has 0 radical (unpaired) electrons. The molecule has 0 saturated carbocycles. The van der Waals surface area contributed by atoms with Crippen molar-refractivity contribution >= 4 is 11.8 Å². The van der Waals surface area contributed by atoms with Gasteiger partial charge in [0, 0.05) is 6.07 Å². The van der Waals surface area contributed by atoms with Crippen LogP contribution in [0.15, 0.2) is 12.4 Å². The Labute approximate surface area is 106 Å². The molecule has 0 fully saturated rings. The maximum Gasteiger partial charge on any atom is 0.405 e. The Kier molecular flexibility index (Phi) is 4.90. The largest absolute Gasteiger partial charge is 0.480 e. The van der Waals surface area contributed by atoms with Crippen molar-refractivity contribution in [2.45, 2.75) is 13.1 Å². The van der Waals surface area contributed by atoms with Crippen molar-refractivity contribution in [1.82, 2.24) is 9.97 Å². The second kappa shape index (κ2) is 6.21. The summed E-state index contributed by atoms with van der Waals surface area (Å²) in [7, 11) is 0. The number of aromatic nitrogens is 2. The van der Waals surface area contributed by atoms with Crippen LogP contribution in [-0.4, -0.2) is 46.9 Å². The Balaban J connectivity index is 2.95. The summed E-state index contributed by atoms with van der Waals surface area (Å²) in [4.78, 5) is 18.5. The standard InChI is InChI=1S/C10H12F3N3O3/c1-2-19-8-3-7(14-6-15-8)16(4-9(17)18)5-10(11,12)13/h3,6H,2,4-5H2,1H3,(H,17,18). The van der Waals surface area contributed by atoms with Gasteiger partial charge in [0.1, 0.15) is 25.2 Å². The molecule has 0 atom stereocenters. The molecule has 0 aliphatic carbocycles. The second-order valence-electron chi connectivity index (χ2n) is 3.51. The van der Waals surface area contributed by atoms with Crippen LogP contribution in [-0.2, 0) is 4.79 Å². The smallest absolute Gasteiger partial charge is 0.405 e. The van der Waals surface area contributed by atoms with Crippen molar-refractivity contribution in [2.24, 2.45) is 0 Å². The number of rotatable bonds is 6. The van der Waals surface area contributed by atoms with Crippen LogP contribution in [0.4, 0.5) is 19.0 Å². The summed E-state index contributed by atoms with van der Waals surface area (Å²) in [5.41, 5.74) is 0. The predicted octanol–water partition coefficient (Wildman–Crippen LogP) is 1.33. The van der Waals surface area contributed by atoms with Crippen molar-refractivity contribution in [3.8, 4) is 5.88 Å². The zero-order valence-corrected chi connectivity index (χ0v) is 10.0. The molecule has 1 N–H and O–H groups in total. The number of nitrogens with zero attached hydrogens (tertiary/aromatic N) is 3. The van der Waals surface area contributed by atoms with Gasteiger partial charge in [-0.05, 0) is 6.92 Å². The minimum atomic E-state index is -4.54. The van der Waals surface area contributed by atoms with E-state index < -0.39 is 25.2 Å². The van der Waals surface area contributed by atoms with Gasteiger partial charge < -0.3 is 14.7 Å². The van der Waals surface area contributed by atoms with Gasteiger partial charge in [0.2, 0.25) is 5.88 Å². The number of alkyl halides is 3. The topological polar surface area (TPSA) is 75.5 Å². The Morgan fingerprint density at radius 3 is 2.68 bits per heavy atom. The van der Waals surface area contributed by atoms with E-state index in [4.69, 9.17) is 9.84 Å². The highest BCUT2D eigenvalue weighted by Gasteiger charge is 2.32. The van der Waals surface area contributed by atoms with Gasteiger partial charge in [-0.3, -0.25) is 4.79 Å². The molecule has 1 aromatic rings. The van der Waals surface area contributed by atoms with Crippen LogP contribution in [0.3, 0.4) is 0 Å². The van der Waals surface area contributed by atoms with E-state index in [0.29, 0.717) is 4.90 Å². The molecule has 106 valence electrons. The van der Waals surface area contributed by atoms with Gasteiger partial charge in [0.25, 0.3) is 0 Å². The number of halogens is 3. The summed E-state index contributed by atoms with van der Waals surface area (Å²) in [6, 6.07) is 1.16. The van der Waals surface area contributed by atoms with E-state index in [9.17, 15) is 18.0 Å². The Morgan fingerprint density at radius 1 is 1.47 bits per heavy atom. The quantitative estimate of drug-likeness (QED) is 0.846. The summed E-state index contributed by atoms with van der Waals surface area (Å²) >= 11 is 0. The summed E-state index contributed by atoms with van der Waals surface area (Å²) in [5, 5.41) is 8.63. The lowest BCUT2D eigenvalue weighted by molar-refractivity contribution is -0.136. The van der Waals surface area contributed by atoms with Crippen molar-refractivity contribution in [3.63, 3.8) is 0 Å². The molecular formula is C10H12F3N3O3. The molecule has 19 heavy (non-hydrogen) atoms. The number of carbonyl (C=O) groups is 1. The molecular weight excluding hydrogens is 267 g/mol. The lowest BCUT2D eigenvalue weighted by Gasteiger charge is -2.23. The minimum Gasteiger partial charge on any atom is -0.480 e. The predicted molar refractivity (Wildman–Crippen MR) is 59.1 cm³/mol. The molecule has 0 aliphatic heterocycles. The van der Waals surface area contributed by atoms with Gasteiger partial charge in [-0.1, -0.05) is 0 Å². The SMILES string of the molecule is CCOc1cc(N(CC(=O)O)CC(F)(F)F)ncn1. The number of aliphatic carboxylic acids is 1. The van der Waals surface area contributed by atoms with Crippen LogP contribution >= 0.6 is 0 Å². The number of carboxylic acids is 1. The van der Waals surface area contributed by atoms with Crippen LogP contribution in [0, 0.1) is 0 Å². The van der Waals surface area contributed by atoms with Crippen LogP contribution in [0.1, 0.15) is 6.92 Å². The molecule has 0 amide bonds. The van der Waals surface area contributed by atoms with Crippen LogP contribution < -0.4 is 9.64 Å². The van der Waals surface area contributed by atoms with E-state index in [-0.39, 0.29) is 18.3 Å². The summed E-state index contributed by atoms with van der Waals surface area (Å²) in [5.74, 6) is -1.45. The van der Waals surface area contributed by atoms with Gasteiger partial charge in [-0.25, -0.2) is 9.97 Å². The zero-order valence-electron chi connectivity index (χ0n) is 10.0. The van der Waals surface area contributed by atoms with Crippen molar-refractivity contribution in [1.29, 1.82) is 0 Å². The summed E-state index contributed by atoms with van der Waals surface area (Å²) in [6.45, 7) is -0.259. The first-order chi connectivity index (χ1) is 8.81. The Hall–Kier alpha value is -2.06. The molecule has 1 aromatic heterocycles. The Bertz CT molecular complexity index is 440. The third-order valence-corrected chi connectivity index (χ3v) is 1.94. The molecule has 0 saturated heterocycles. The van der Waals surface area contributed by atoms with Crippen LogP contribution in [0.25, 0.3) is 0 Å². The van der Waals surface area contributed by atoms with E-state index >= 15 is 0 Å². The lowest BCUT2D eigenvalue weighted by atomic mass is 10.4. The van der Waals surface area contributed by atoms with Crippen molar-refractivity contribution in [3.05, 3.63) is 12.4 Å². The van der Waals surface area contributed by atoms with Gasteiger partial charge in [0.05, 0.1) is 6.61 Å². The maximum atomic E-state index is 12.4. The van der Waals surface area contributed by atoms with E-state index in [1.807, 2.05) is 0 Å². The highest BCUT2D eigenvalue weighted by molar-refractivity contribution is 5.73. The number of carboxylic acid groups (broad SMARTS) is 1. The molecule has 0 aliphatic rings. The normalized spacial score (nSPS) is 11.2. The van der Waals surface area contributed by atoms with Crippen LogP contribution in [0.5, 0.6) is 5.88 Å². The third-order valence-electron chi connectivity index (χ3n) is 1.94. The molecule has 0 spiro atoms. The molecule has 0 aromatic carbocycles. The summed E-state index contributed by atoms with van der Waals surface area (Å²) in [6.07, 6.45) is -3.52. The first kappa shape index (κ1) is 15.0. The van der Waals surface area contributed by atoms with Gasteiger partial charge >= 0.3 is 12.1 Å². The van der Waals surface area contributed by atoms with Crippen LogP contribution in [0.2, 0.25) is 0 Å². The fraction of sp³-hybridized carbons (Fsp3) is 0.500. The average Bonchev–Trinajstić information content (AvgIpc) is 2.26. The fourth-order valence-electron chi connectivity index (χ4n) is 1.33. The van der Waals surface area contributed by atoms with E-state index in [1.54, 1.807) is 6.92 Å². The lowest BCUT2D eigenvalue weighted by Crippen LogP contribution is -2.38. The van der Waals surface area contributed by atoms with E-state index in [0.717, 1.165) is 12.4 Å². The number of ether oxygens (including phenoxy) is 1. The molecule has 1 heterocycles. The highest BCUT2D eigenvalue weighted by atomic mass is 19.4. The first-order valence-corrected chi connectivity index (χ1v) is 5.30. The minimum absolute atomic E-state index is 0.0880. The van der Waals surface area contributed by atoms with Gasteiger partial charge in [0.15, 0.2) is 0 Å². The first-order valence-electron chi connectivity index (χ1n) is 5.30. The van der Waals surface area contributed by atoms with Gasteiger partial charge in [-0.2, -0.15) is 13.2 Å². The average molecular weight is 279 g/mol. The number of hydrogen-bond donors (Lipinski definition) is 1. The highest BCUT2D eigenvalue weighted by Crippen LogP contribution is 2.22. The van der Waals surface area contributed by atoms with Gasteiger partial charge in [-0.15, -0.1) is 0 Å². The second-order valence-corrected chi connectivity index (χ2v) is 3.51. The number of anilines is 1. The molecule has 9 heteroatoms. The zero-order chi connectivity index (χ0) is 14.5. The molecule has 0 bridgehead atoms. The molecule has 6 nitrogen and oxygen atoms in total. The van der Waals surface area contributed by atoms with E-state index in [1.165, 1.54) is 0 Å².